The van der Waals surface area contributed by atoms with Crippen LogP contribution in [0.15, 0.2) is 18.5 Å². The minimum atomic E-state index is -0.479. The summed E-state index contributed by atoms with van der Waals surface area (Å²) in [7, 11) is 1.41. The minimum absolute atomic E-state index is 0.125. The third-order valence-corrected chi connectivity index (χ3v) is 3.97. The standard InChI is InChI=1S/C16H18FN3O3/c1-3-23-16(21)13-5-4-6-20(13)15-10-7-14(22-2)11(17)8-12(10)18-9-19-15/h7-9,13H,3-6H2,1-2H3/t13-/m0/s1. The number of esters is 1. The van der Waals surface area contributed by atoms with Crippen molar-refractivity contribution in [2.45, 2.75) is 25.8 Å². The quantitative estimate of drug-likeness (QED) is 0.806. The number of carbonyl (C=O) groups excluding carboxylic acids is 1. The van der Waals surface area contributed by atoms with Gasteiger partial charge in [-0.2, -0.15) is 0 Å². The largest absolute Gasteiger partial charge is 0.494 e. The average Bonchev–Trinajstić information content (AvgIpc) is 3.03. The normalized spacial score (nSPS) is 17.5. The van der Waals surface area contributed by atoms with Crippen molar-refractivity contribution in [3.05, 3.63) is 24.3 Å². The van der Waals surface area contributed by atoms with E-state index in [4.69, 9.17) is 9.47 Å². The maximum absolute atomic E-state index is 13.9. The Morgan fingerprint density at radius 3 is 3.00 bits per heavy atom. The molecule has 0 unspecified atom stereocenters. The number of halogens is 1. The number of methoxy groups -OCH3 is 1. The highest BCUT2D eigenvalue weighted by Crippen LogP contribution is 2.33. The molecule has 2 aromatic rings. The number of benzene rings is 1. The van der Waals surface area contributed by atoms with E-state index in [-0.39, 0.29) is 17.8 Å². The summed E-state index contributed by atoms with van der Waals surface area (Å²) in [4.78, 5) is 22.5. The second-order valence-corrected chi connectivity index (χ2v) is 5.30. The van der Waals surface area contributed by atoms with Crippen LogP contribution in [0.25, 0.3) is 10.9 Å². The second-order valence-electron chi connectivity index (χ2n) is 5.30. The monoisotopic (exact) mass is 319 g/mol. The SMILES string of the molecule is CCOC(=O)[C@@H]1CCCN1c1ncnc2cc(F)c(OC)cc12. The van der Waals surface area contributed by atoms with E-state index in [9.17, 15) is 9.18 Å². The molecule has 1 aliphatic rings. The van der Waals surface area contributed by atoms with Crippen LogP contribution in [0.3, 0.4) is 0 Å². The number of ether oxygens (including phenoxy) is 2. The van der Waals surface area contributed by atoms with E-state index in [0.717, 1.165) is 6.42 Å². The van der Waals surface area contributed by atoms with Gasteiger partial charge in [0.05, 0.1) is 19.2 Å². The summed E-state index contributed by atoms with van der Waals surface area (Å²) in [5.41, 5.74) is 0.475. The van der Waals surface area contributed by atoms with Gasteiger partial charge in [0.2, 0.25) is 0 Å². The lowest BCUT2D eigenvalue weighted by atomic mass is 10.2. The molecule has 23 heavy (non-hydrogen) atoms. The van der Waals surface area contributed by atoms with Gasteiger partial charge in [-0.05, 0) is 25.8 Å². The summed E-state index contributed by atoms with van der Waals surface area (Å²) in [6, 6.07) is 2.51. The Bertz CT molecular complexity index is 738. The fourth-order valence-electron chi connectivity index (χ4n) is 2.93. The zero-order valence-electron chi connectivity index (χ0n) is 13.1. The predicted molar refractivity (Wildman–Crippen MR) is 83.0 cm³/mol. The summed E-state index contributed by atoms with van der Waals surface area (Å²) < 4.78 is 24.0. The van der Waals surface area contributed by atoms with Crippen molar-refractivity contribution in [1.82, 2.24) is 9.97 Å². The van der Waals surface area contributed by atoms with Gasteiger partial charge in [-0.25, -0.2) is 19.2 Å². The van der Waals surface area contributed by atoms with Crippen molar-refractivity contribution in [2.75, 3.05) is 25.2 Å². The molecule has 0 radical (unpaired) electrons. The molecular formula is C16H18FN3O3. The zero-order valence-corrected chi connectivity index (χ0v) is 13.1. The Kier molecular flexibility index (Phi) is 4.27. The van der Waals surface area contributed by atoms with Crippen molar-refractivity contribution in [1.29, 1.82) is 0 Å². The first kappa shape index (κ1) is 15.5. The Morgan fingerprint density at radius 2 is 2.26 bits per heavy atom. The molecule has 1 saturated heterocycles. The molecule has 7 heteroatoms. The van der Waals surface area contributed by atoms with Crippen LogP contribution >= 0.6 is 0 Å². The van der Waals surface area contributed by atoms with Crippen LogP contribution in [0.2, 0.25) is 0 Å². The Morgan fingerprint density at radius 1 is 1.43 bits per heavy atom. The molecule has 0 saturated carbocycles. The van der Waals surface area contributed by atoms with Crippen molar-refractivity contribution < 1.29 is 18.7 Å². The lowest BCUT2D eigenvalue weighted by molar-refractivity contribution is -0.144. The van der Waals surface area contributed by atoms with Gasteiger partial charge in [0.25, 0.3) is 0 Å². The van der Waals surface area contributed by atoms with Gasteiger partial charge in [0.15, 0.2) is 11.6 Å². The van der Waals surface area contributed by atoms with Crippen LogP contribution in [0.1, 0.15) is 19.8 Å². The lowest BCUT2D eigenvalue weighted by Crippen LogP contribution is -2.38. The van der Waals surface area contributed by atoms with E-state index >= 15 is 0 Å². The molecule has 0 aliphatic carbocycles. The van der Waals surface area contributed by atoms with E-state index in [0.29, 0.717) is 36.3 Å². The fraction of sp³-hybridized carbons (Fsp3) is 0.438. The number of fused-ring (bicyclic) bond motifs is 1. The highest BCUT2D eigenvalue weighted by Gasteiger charge is 2.33. The molecule has 3 rings (SSSR count). The average molecular weight is 319 g/mol. The van der Waals surface area contributed by atoms with Crippen molar-refractivity contribution in [3.8, 4) is 5.75 Å². The molecule has 0 amide bonds. The predicted octanol–water partition coefficient (Wildman–Crippen LogP) is 2.31. The number of hydrogen-bond acceptors (Lipinski definition) is 6. The van der Waals surface area contributed by atoms with Crippen LogP contribution in [0, 0.1) is 5.82 Å². The number of carbonyl (C=O) groups is 1. The molecule has 122 valence electrons. The summed E-state index contributed by atoms with van der Waals surface area (Å²) in [5, 5.41) is 0.655. The van der Waals surface area contributed by atoms with Gasteiger partial charge in [-0.3, -0.25) is 0 Å². The topological polar surface area (TPSA) is 64.5 Å². The van der Waals surface area contributed by atoms with Crippen LogP contribution in [0.4, 0.5) is 10.2 Å². The van der Waals surface area contributed by atoms with Crippen molar-refractivity contribution in [3.63, 3.8) is 0 Å². The van der Waals surface area contributed by atoms with E-state index in [1.807, 2.05) is 4.90 Å². The molecule has 0 N–H and O–H groups in total. The number of anilines is 1. The molecule has 1 aromatic carbocycles. The molecule has 1 atom stereocenters. The molecular weight excluding hydrogens is 301 g/mol. The van der Waals surface area contributed by atoms with Gasteiger partial charge in [0, 0.05) is 18.0 Å². The number of rotatable bonds is 4. The number of aromatic nitrogens is 2. The molecule has 1 aromatic heterocycles. The number of nitrogens with zero attached hydrogens (tertiary/aromatic N) is 3. The smallest absolute Gasteiger partial charge is 0.328 e. The first-order valence-corrected chi connectivity index (χ1v) is 7.57. The van der Waals surface area contributed by atoms with Crippen molar-refractivity contribution in [2.24, 2.45) is 0 Å². The Hall–Kier alpha value is -2.44. The van der Waals surface area contributed by atoms with E-state index in [1.54, 1.807) is 13.0 Å². The first-order chi connectivity index (χ1) is 11.2. The Labute approximate surface area is 133 Å². The van der Waals surface area contributed by atoms with Gasteiger partial charge in [0.1, 0.15) is 18.2 Å². The third-order valence-electron chi connectivity index (χ3n) is 3.97. The van der Waals surface area contributed by atoms with Crippen LogP contribution in [0.5, 0.6) is 5.75 Å². The van der Waals surface area contributed by atoms with Crippen LogP contribution in [-0.2, 0) is 9.53 Å². The third kappa shape index (κ3) is 2.78. The van der Waals surface area contributed by atoms with Crippen LogP contribution < -0.4 is 9.64 Å². The van der Waals surface area contributed by atoms with Gasteiger partial charge >= 0.3 is 5.97 Å². The summed E-state index contributed by atoms with van der Waals surface area (Å²) in [6.07, 6.45) is 2.96. The lowest BCUT2D eigenvalue weighted by Gasteiger charge is -2.25. The maximum atomic E-state index is 13.9. The molecule has 1 aliphatic heterocycles. The van der Waals surface area contributed by atoms with E-state index in [1.165, 1.54) is 19.5 Å². The number of hydrogen-bond donors (Lipinski definition) is 0. The fourth-order valence-corrected chi connectivity index (χ4v) is 2.93. The molecule has 0 spiro atoms. The molecule has 0 bridgehead atoms. The zero-order chi connectivity index (χ0) is 16.4. The summed E-state index contributed by atoms with van der Waals surface area (Å²) in [6.45, 7) is 2.81. The molecule has 2 heterocycles. The van der Waals surface area contributed by atoms with E-state index in [2.05, 4.69) is 9.97 Å². The summed E-state index contributed by atoms with van der Waals surface area (Å²) >= 11 is 0. The van der Waals surface area contributed by atoms with Gasteiger partial charge < -0.3 is 14.4 Å². The molecule has 1 fully saturated rings. The molecule has 6 nitrogen and oxygen atoms in total. The second kappa shape index (κ2) is 6.36. The Balaban J connectivity index is 2.06. The van der Waals surface area contributed by atoms with Gasteiger partial charge in [-0.15, -0.1) is 0 Å². The summed E-state index contributed by atoms with van der Waals surface area (Å²) in [5.74, 6) is -0.0110. The maximum Gasteiger partial charge on any atom is 0.328 e. The van der Waals surface area contributed by atoms with Crippen molar-refractivity contribution >= 4 is 22.7 Å². The van der Waals surface area contributed by atoms with Crippen LogP contribution in [-0.4, -0.2) is 42.2 Å². The highest BCUT2D eigenvalue weighted by atomic mass is 19.1. The highest BCUT2D eigenvalue weighted by molar-refractivity contribution is 5.93. The first-order valence-electron chi connectivity index (χ1n) is 7.57. The van der Waals surface area contributed by atoms with E-state index < -0.39 is 5.82 Å². The van der Waals surface area contributed by atoms with Gasteiger partial charge in [-0.1, -0.05) is 0 Å². The minimum Gasteiger partial charge on any atom is -0.494 e.